The predicted octanol–water partition coefficient (Wildman–Crippen LogP) is 4.18. The van der Waals surface area contributed by atoms with E-state index in [1.54, 1.807) is 0 Å². The normalized spacial score (nSPS) is 39.4. The van der Waals surface area contributed by atoms with Crippen molar-refractivity contribution in [2.75, 3.05) is 13.1 Å². The Hall–Kier alpha value is -0.0800. The van der Waals surface area contributed by atoms with E-state index in [1.807, 2.05) is 0 Å². The quantitative estimate of drug-likeness (QED) is 0.842. The van der Waals surface area contributed by atoms with Gasteiger partial charge in [-0.15, -0.1) is 0 Å². The van der Waals surface area contributed by atoms with Crippen molar-refractivity contribution in [2.24, 2.45) is 23.5 Å². The molecular weight excluding hydrogens is 256 g/mol. The van der Waals surface area contributed by atoms with Gasteiger partial charge in [0.05, 0.1) is 0 Å². The van der Waals surface area contributed by atoms with E-state index in [1.165, 1.54) is 70.8 Å². The van der Waals surface area contributed by atoms with E-state index in [0.717, 1.165) is 30.3 Å². The Morgan fingerprint density at radius 1 is 1.00 bits per heavy atom. The van der Waals surface area contributed by atoms with E-state index >= 15 is 0 Å². The zero-order chi connectivity index (χ0) is 14.9. The maximum atomic E-state index is 6.47. The molecule has 0 aromatic heterocycles. The fraction of sp³-hybridized carbons (Fsp3) is 1.00. The highest BCUT2D eigenvalue weighted by Crippen LogP contribution is 2.47. The lowest BCUT2D eigenvalue weighted by atomic mass is 9.66. The Kier molecular flexibility index (Phi) is 4.95. The molecule has 2 saturated carbocycles. The van der Waals surface area contributed by atoms with E-state index in [0.29, 0.717) is 5.54 Å². The lowest BCUT2D eigenvalue weighted by molar-refractivity contribution is -0.0348. The molecule has 0 radical (unpaired) electrons. The van der Waals surface area contributed by atoms with Gasteiger partial charge in [0, 0.05) is 18.1 Å². The largest absolute Gasteiger partial charge is 0.329 e. The van der Waals surface area contributed by atoms with Crippen LogP contribution in [0.2, 0.25) is 0 Å². The predicted molar refractivity (Wildman–Crippen MR) is 90.3 cm³/mol. The van der Waals surface area contributed by atoms with Gasteiger partial charge in [-0.2, -0.15) is 0 Å². The summed E-state index contributed by atoms with van der Waals surface area (Å²) in [7, 11) is 0. The highest BCUT2D eigenvalue weighted by atomic mass is 15.3. The van der Waals surface area contributed by atoms with Crippen LogP contribution >= 0.6 is 0 Å². The molecule has 2 aliphatic carbocycles. The first-order valence-corrected chi connectivity index (χ1v) is 9.66. The Morgan fingerprint density at radius 2 is 1.71 bits per heavy atom. The second-order valence-corrected chi connectivity index (χ2v) is 8.35. The van der Waals surface area contributed by atoms with Gasteiger partial charge >= 0.3 is 0 Å². The highest BCUT2D eigenvalue weighted by Gasteiger charge is 2.50. The van der Waals surface area contributed by atoms with Crippen LogP contribution in [-0.2, 0) is 0 Å². The van der Waals surface area contributed by atoms with Crippen LogP contribution in [0.25, 0.3) is 0 Å². The third-order valence-corrected chi connectivity index (χ3v) is 7.04. The summed E-state index contributed by atoms with van der Waals surface area (Å²) in [5.74, 6) is 2.57. The van der Waals surface area contributed by atoms with E-state index in [-0.39, 0.29) is 0 Å². The number of nitrogens with two attached hydrogens (primary N) is 1. The van der Waals surface area contributed by atoms with Gasteiger partial charge in [0.2, 0.25) is 0 Å². The molecule has 1 heterocycles. The smallest absolute Gasteiger partial charge is 0.0365 e. The van der Waals surface area contributed by atoms with Gasteiger partial charge in [0.1, 0.15) is 0 Å². The molecule has 3 atom stereocenters. The van der Waals surface area contributed by atoms with Gasteiger partial charge in [-0.3, -0.25) is 4.90 Å². The monoisotopic (exact) mass is 292 g/mol. The van der Waals surface area contributed by atoms with E-state index in [2.05, 4.69) is 18.7 Å². The maximum absolute atomic E-state index is 6.47. The fourth-order valence-corrected chi connectivity index (χ4v) is 6.11. The van der Waals surface area contributed by atoms with Crippen molar-refractivity contribution in [1.29, 1.82) is 0 Å². The number of rotatable bonds is 4. The van der Waals surface area contributed by atoms with Crippen molar-refractivity contribution in [1.82, 2.24) is 4.90 Å². The molecule has 122 valence electrons. The molecule has 3 fully saturated rings. The van der Waals surface area contributed by atoms with Crippen LogP contribution in [0.15, 0.2) is 0 Å². The molecule has 2 nitrogen and oxygen atoms in total. The van der Waals surface area contributed by atoms with Crippen molar-refractivity contribution in [2.45, 2.75) is 89.6 Å². The Labute approximate surface area is 131 Å². The Morgan fingerprint density at radius 3 is 2.38 bits per heavy atom. The van der Waals surface area contributed by atoms with E-state index in [9.17, 15) is 0 Å². The molecule has 1 aliphatic heterocycles. The van der Waals surface area contributed by atoms with E-state index in [4.69, 9.17) is 5.73 Å². The summed E-state index contributed by atoms with van der Waals surface area (Å²) in [6.07, 6.45) is 14.3. The molecule has 0 spiro atoms. The van der Waals surface area contributed by atoms with Crippen LogP contribution in [0.1, 0.15) is 78.1 Å². The van der Waals surface area contributed by atoms with Crippen LogP contribution in [0.5, 0.6) is 0 Å². The van der Waals surface area contributed by atoms with Crippen LogP contribution in [0.3, 0.4) is 0 Å². The van der Waals surface area contributed by atoms with Crippen LogP contribution < -0.4 is 5.73 Å². The fourth-order valence-electron chi connectivity index (χ4n) is 6.11. The molecule has 0 bridgehead atoms. The molecule has 0 aromatic carbocycles. The lowest BCUT2D eigenvalue weighted by Gasteiger charge is -2.54. The third kappa shape index (κ3) is 2.79. The number of hydrogen-bond acceptors (Lipinski definition) is 2. The minimum Gasteiger partial charge on any atom is -0.329 e. The summed E-state index contributed by atoms with van der Waals surface area (Å²) in [5, 5.41) is 0. The molecule has 3 aliphatic rings. The zero-order valence-corrected chi connectivity index (χ0v) is 14.3. The lowest BCUT2D eigenvalue weighted by Crippen LogP contribution is -2.63. The standard InChI is InChI=1S/C19H36N2/c1-15(2)17-10-5-6-12-19(17,14-20)21-13-7-11-18(21)16-8-3-4-9-16/h15-18H,3-14,20H2,1-2H3. The van der Waals surface area contributed by atoms with Crippen molar-refractivity contribution in [3.63, 3.8) is 0 Å². The number of likely N-dealkylation sites (tertiary alicyclic amines) is 1. The minimum atomic E-state index is 0.330. The first kappa shape index (κ1) is 15.8. The Balaban J connectivity index is 1.85. The molecule has 3 rings (SSSR count). The van der Waals surface area contributed by atoms with E-state index < -0.39 is 0 Å². The minimum absolute atomic E-state index is 0.330. The summed E-state index contributed by atoms with van der Waals surface area (Å²) in [6.45, 7) is 7.07. The molecule has 0 aromatic rings. The third-order valence-electron chi connectivity index (χ3n) is 7.04. The molecule has 2 N–H and O–H groups in total. The van der Waals surface area contributed by atoms with Gasteiger partial charge in [-0.25, -0.2) is 0 Å². The van der Waals surface area contributed by atoms with Crippen LogP contribution in [0.4, 0.5) is 0 Å². The summed E-state index contributed by atoms with van der Waals surface area (Å²) in [5.41, 5.74) is 6.80. The first-order chi connectivity index (χ1) is 10.2. The summed E-state index contributed by atoms with van der Waals surface area (Å²) in [6, 6.07) is 0.857. The van der Waals surface area contributed by atoms with Gasteiger partial charge in [0.15, 0.2) is 0 Å². The van der Waals surface area contributed by atoms with Crippen molar-refractivity contribution < 1.29 is 0 Å². The molecule has 3 unspecified atom stereocenters. The van der Waals surface area contributed by atoms with Gasteiger partial charge in [-0.1, -0.05) is 39.5 Å². The molecule has 1 saturated heterocycles. The SMILES string of the molecule is CC(C)C1CCCCC1(CN)N1CCCC1C1CCCC1. The average molecular weight is 293 g/mol. The van der Waals surface area contributed by atoms with Crippen molar-refractivity contribution in [3.8, 4) is 0 Å². The zero-order valence-electron chi connectivity index (χ0n) is 14.3. The van der Waals surface area contributed by atoms with Crippen LogP contribution in [-0.4, -0.2) is 29.6 Å². The molecule has 0 amide bonds. The average Bonchev–Trinajstić information content (AvgIpc) is 3.17. The number of nitrogens with zero attached hydrogens (tertiary/aromatic N) is 1. The molecule has 21 heavy (non-hydrogen) atoms. The summed E-state index contributed by atoms with van der Waals surface area (Å²) < 4.78 is 0. The second kappa shape index (κ2) is 6.58. The maximum Gasteiger partial charge on any atom is 0.0365 e. The van der Waals surface area contributed by atoms with Gasteiger partial charge in [-0.05, 0) is 62.8 Å². The first-order valence-electron chi connectivity index (χ1n) is 9.66. The highest BCUT2D eigenvalue weighted by molar-refractivity contribution is 5.05. The van der Waals surface area contributed by atoms with Gasteiger partial charge in [0.25, 0.3) is 0 Å². The Bertz CT molecular complexity index is 334. The second-order valence-electron chi connectivity index (χ2n) is 8.35. The van der Waals surface area contributed by atoms with Crippen molar-refractivity contribution >= 4 is 0 Å². The van der Waals surface area contributed by atoms with Crippen molar-refractivity contribution in [3.05, 3.63) is 0 Å². The molecular formula is C19H36N2. The number of hydrogen-bond donors (Lipinski definition) is 1. The summed E-state index contributed by atoms with van der Waals surface area (Å²) in [4.78, 5) is 2.95. The van der Waals surface area contributed by atoms with Crippen LogP contribution in [0, 0.1) is 17.8 Å². The molecule has 2 heteroatoms. The summed E-state index contributed by atoms with van der Waals surface area (Å²) >= 11 is 0. The topological polar surface area (TPSA) is 29.3 Å². The van der Waals surface area contributed by atoms with Gasteiger partial charge < -0.3 is 5.73 Å².